The van der Waals surface area contributed by atoms with Crippen molar-refractivity contribution < 1.29 is 9.90 Å². The fraction of sp³-hybridized carbons (Fsp3) is 0.385. The zero-order chi connectivity index (χ0) is 14.0. The van der Waals surface area contributed by atoms with Crippen LogP contribution in [-0.4, -0.2) is 28.6 Å². The molecule has 0 aliphatic rings. The number of aryl methyl sites for hydroxylation is 1. The number of nitrogens with two attached hydrogens (primary N) is 1. The van der Waals surface area contributed by atoms with Gasteiger partial charge in [-0.1, -0.05) is 0 Å². The van der Waals surface area contributed by atoms with Crippen LogP contribution in [-0.2, 0) is 0 Å². The van der Waals surface area contributed by atoms with E-state index >= 15 is 0 Å². The highest BCUT2D eigenvalue weighted by atomic mass is 32.1. The Balaban J connectivity index is 2.33. The van der Waals surface area contributed by atoms with Crippen molar-refractivity contribution in [1.82, 2.24) is 10.3 Å². The summed E-state index contributed by atoms with van der Waals surface area (Å²) < 4.78 is 0. The summed E-state index contributed by atoms with van der Waals surface area (Å²) in [6, 6.07) is 1.79. The van der Waals surface area contributed by atoms with E-state index in [1.54, 1.807) is 6.20 Å². The van der Waals surface area contributed by atoms with E-state index in [-0.39, 0.29) is 18.6 Å². The topological polar surface area (TPSA) is 88.2 Å². The molecule has 0 saturated heterocycles. The average Bonchev–Trinajstić information content (AvgIpc) is 2.68. The van der Waals surface area contributed by atoms with Crippen LogP contribution >= 0.6 is 11.3 Å². The first-order chi connectivity index (χ1) is 9.04. The maximum atomic E-state index is 12.1. The maximum Gasteiger partial charge on any atom is 0.263 e. The van der Waals surface area contributed by atoms with Crippen LogP contribution in [0.3, 0.4) is 0 Å². The molecule has 0 radical (unpaired) electrons. The molecule has 6 heteroatoms. The number of carbonyl (C=O) groups excluding carboxylic acids is 1. The van der Waals surface area contributed by atoms with E-state index in [0.717, 1.165) is 15.8 Å². The van der Waals surface area contributed by atoms with Gasteiger partial charge in [0.1, 0.15) is 9.71 Å². The Morgan fingerprint density at radius 2 is 2.37 bits per heavy atom. The van der Waals surface area contributed by atoms with Crippen molar-refractivity contribution in [3.8, 4) is 0 Å². The first kappa shape index (κ1) is 13.8. The van der Waals surface area contributed by atoms with Gasteiger partial charge in [-0.3, -0.25) is 4.79 Å². The number of aromatic nitrogens is 1. The van der Waals surface area contributed by atoms with Gasteiger partial charge < -0.3 is 16.2 Å². The third kappa shape index (κ3) is 2.69. The third-order valence-electron chi connectivity index (χ3n) is 2.98. The standard InChI is InChI=1S/C13H17N3O2S/c1-7-3-5-15-13-9(7)10(14)11(19-13)12(18)16-8(2)4-6-17/h3,5,8,17H,4,6,14H2,1-2H3,(H,16,18). The van der Waals surface area contributed by atoms with Crippen LogP contribution in [0.1, 0.15) is 28.6 Å². The molecule has 1 atom stereocenters. The monoisotopic (exact) mass is 279 g/mol. The van der Waals surface area contributed by atoms with Gasteiger partial charge in [-0.05, 0) is 31.9 Å². The van der Waals surface area contributed by atoms with E-state index in [4.69, 9.17) is 10.8 Å². The quantitative estimate of drug-likeness (QED) is 0.794. The van der Waals surface area contributed by atoms with Gasteiger partial charge in [-0.15, -0.1) is 11.3 Å². The Morgan fingerprint density at radius 3 is 3.00 bits per heavy atom. The van der Waals surface area contributed by atoms with Gasteiger partial charge in [-0.25, -0.2) is 4.98 Å². The Bertz CT molecular complexity index is 609. The maximum absolute atomic E-state index is 12.1. The summed E-state index contributed by atoms with van der Waals surface area (Å²) in [7, 11) is 0. The van der Waals surface area contributed by atoms with Gasteiger partial charge in [-0.2, -0.15) is 0 Å². The largest absolute Gasteiger partial charge is 0.397 e. The summed E-state index contributed by atoms with van der Waals surface area (Å²) in [5.41, 5.74) is 7.55. The van der Waals surface area contributed by atoms with E-state index < -0.39 is 0 Å². The van der Waals surface area contributed by atoms with Crippen LogP contribution in [0.4, 0.5) is 5.69 Å². The van der Waals surface area contributed by atoms with E-state index in [0.29, 0.717) is 17.0 Å². The van der Waals surface area contributed by atoms with Crippen molar-refractivity contribution in [3.63, 3.8) is 0 Å². The third-order valence-corrected chi connectivity index (χ3v) is 4.10. The van der Waals surface area contributed by atoms with Gasteiger partial charge in [0.15, 0.2) is 0 Å². The summed E-state index contributed by atoms with van der Waals surface area (Å²) in [5.74, 6) is -0.208. The van der Waals surface area contributed by atoms with Gasteiger partial charge in [0, 0.05) is 24.2 Å². The lowest BCUT2D eigenvalue weighted by Crippen LogP contribution is -2.33. The molecule has 2 rings (SSSR count). The lowest BCUT2D eigenvalue weighted by atomic mass is 10.1. The Labute approximate surface area is 115 Å². The molecule has 0 saturated carbocycles. The van der Waals surface area contributed by atoms with Crippen molar-refractivity contribution >= 4 is 33.1 Å². The normalized spacial score (nSPS) is 12.6. The highest BCUT2D eigenvalue weighted by Crippen LogP contribution is 2.34. The van der Waals surface area contributed by atoms with Crippen LogP contribution in [0.2, 0.25) is 0 Å². The van der Waals surface area contributed by atoms with Crippen molar-refractivity contribution in [1.29, 1.82) is 0 Å². The minimum atomic E-state index is -0.208. The first-order valence-electron chi connectivity index (χ1n) is 6.10. The van der Waals surface area contributed by atoms with Crippen molar-refractivity contribution in [3.05, 3.63) is 22.7 Å². The second kappa shape index (κ2) is 5.54. The molecule has 2 aromatic rings. The van der Waals surface area contributed by atoms with Crippen LogP contribution in [0, 0.1) is 6.92 Å². The van der Waals surface area contributed by atoms with Crippen LogP contribution in [0.25, 0.3) is 10.2 Å². The van der Waals surface area contributed by atoms with Crippen LogP contribution in [0.15, 0.2) is 12.3 Å². The highest BCUT2D eigenvalue weighted by molar-refractivity contribution is 7.21. The van der Waals surface area contributed by atoms with E-state index in [1.807, 2.05) is 19.9 Å². The number of aliphatic hydroxyl groups is 1. The molecular weight excluding hydrogens is 262 g/mol. The summed E-state index contributed by atoms with van der Waals surface area (Å²) in [6.07, 6.45) is 2.23. The Morgan fingerprint density at radius 1 is 1.63 bits per heavy atom. The predicted octanol–water partition coefficient (Wildman–Crippen LogP) is 1.69. The highest BCUT2D eigenvalue weighted by Gasteiger charge is 2.19. The molecule has 2 aromatic heterocycles. The summed E-state index contributed by atoms with van der Waals surface area (Å²) >= 11 is 1.30. The fourth-order valence-corrected chi connectivity index (χ4v) is 2.97. The minimum absolute atomic E-state index is 0.0456. The summed E-state index contributed by atoms with van der Waals surface area (Å²) in [4.78, 5) is 17.6. The molecule has 0 aliphatic carbocycles. The molecule has 0 fully saturated rings. The number of nitrogens with one attached hydrogen (secondary N) is 1. The minimum Gasteiger partial charge on any atom is -0.397 e. The lowest BCUT2D eigenvalue weighted by Gasteiger charge is -2.11. The summed E-state index contributed by atoms with van der Waals surface area (Å²) in [6.45, 7) is 3.84. The number of nitrogens with zero attached hydrogens (tertiary/aromatic N) is 1. The molecule has 5 nitrogen and oxygen atoms in total. The number of hydrogen-bond donors (Lipinski definition) is 3. The lowest BCUT2D eigenvalue weighted by molar-refractivity contribution is 0.0939. The number of thiophene rings is 1. The number of rotatable bonds is 4. The number of pyridine rings is 1. The number of fused-ring (bicyclic) bond motifs is 1. The van der Waals surface area contributed by atoms with Gasteiger partial charge in [0.05, 0.1) is 5.69 Å². The number of carbonyl (C=O) groups is 1. The zero-order valence-corrected chi connectivity index (χ0v) is 11.8. The number of amides is 1. The molecule has 1 unspecified atom stereocenters. The second-order valence-electron chi connectivity index (χ2n) is 4.54. The molecule has 1 amide bonds. The average molecular weight is 279 g/mol. The van der Waals surface area contributed by atoms with E-state index in [9.17, 15) is 4.79 Å². The number of aliphatic hydroxyl groups excluding tert-OH is 1. The van der Waals surface area contributed by atoms with Crippen molar-refractivity contribution in [2.75, 3.05) is 12.3 Å². The van der Waals surface area contributed by atoms with Crippen molar-refractivity contribution in [2.45, 2.75) is 26.3 Å². The first-order valence-corrected chi connectivity index (χ1v) is 6.91. The zero-order valence-electron chi connectivity index (χ0n) is 10.9. The van der Waals surface area contributed by atoms with Crippen molar-refractivity contribution in [2.24, 2.45) is 0 Å². The van der Waals surface area contributed by atoms with Crippen LogP contribution in [0.5, 0.6) is 0 Å². The van der Waals surface area contributed by atoms with E-state index in [2.05, 4.69) is 10.3 Å². The fourth-order valence-electron chi connectivity index (χ4n) is 1.93. The molecule has 0 spiro atoms. The molecule has 0 bridgehead atoms. The predicted molar refractivity (Wildman–Crippen MR) is 77.4 cm³/mol. The van der Waals surface area contributed by atoms with E-state index in [1.165, 1.54) is 11.3 Å². The SMILES string of the molecule is Cc1ccnc2sc(C(=O)NC(C)CCO)c(N)c12. The smallest absolute Gasteiger partial charge is 0.263 e. The molecule has 0 aromatic carbocycles. The Hall–Kier alpha value is -1.66. The Kier molecular flexibility index (Phi) is 4.01. The summed E-state index contributed by atoms with van der Waals surface area (Å²) in [5, 5.41) is 12.5. The molecule has 0 aliphatic heterocycles. The molecule has 102 valence electrons. The van der Waals surface area contributed by atoms with Gasteiger partial charge in [0.2, 0.25) is 0 Å². The second-order valence-corrected chi connectivity index (χ2v) is 5.54. The molecule has 2 heterocycles. The van der Waals surface area contributed by atoms with Crippen LogP contribution < -0.4 is 11.1 Å². The molecule has 19 heavy (non-hydrogen) atoms. The number of hydrogen-bond acceptors (Lipinski definition) is 5. The molecular formula is C13H17N3O2S. The molecule has 4 N–H and O–H groups in total. The van der Waals surface area contributed by atoms with Gasteiger partial charge in [0.25, 0.3) is 5.91 Å². The number of nitrogen functional groups attached to an aromatic ring is 1. The van der Waals surface area contributed by atoms with Gasteiger partial charge >= 0.3 is 0 Å². The number of anilines is 1.